The third-order valence-corrected chi connectivity index (χ3v) is 3.25. The molecular formula is C18H16N4O. The van der Waals surface area contributed by atoms with Gasteiger partial charge in [-0.3, -0.25) is 4.90 Å². The molecule has 0 spiro atoms. The van der Waals surface area contributed by atoms with Crippen LogP contribution in [-0.4, -0.2) is 16.0 Å². The molecule has 0 aliphatic heterocycles. The first-order valence-corrected chi connectivity index (χ1v) is 7.27. The number of carbonyl (C=O) groups excluding carboxylic acids is 1. The van der Waals surface area contributed by atoms with E-state index < -0.39 is 0 Å². The molecule has 1 heterocycles. The summed E-state index contributed by atoms with van der Waals surface area (Å²) < 4.78 is 0. The van der Waals surface area contributed by atoms with Gasteiger partial charge in [-0.1, -0.05) is 48.5 Å². The number of hydrogen-bond acceptors (Lipinski definition) is 3. The molecule has 0 saturated carbocycles. The van der Waals surface area contributed by atoms with Crippen molar-refractivity contribution in [3.05, 3.63) is 84.7 Å². The van der Waals surface area contributed by atoms with Gasteiger partial charge in [0.1, 0.15) is 0 Å². The summed E-state index contributed by atoms with van der Waals surface area (Å²) in [6, 6.07) is 20.5. The summed E-state index contributed by atoms with van der Waals surface area (Å²) in [5, 5.41) is 2.87. The van der Waals surface area contributed by atoms with Crippen LogP contribution in [0.25, 0.3) is 0 Å². The average molecular weight is 304 g/mol. The maximum absolute atomic E-state index is 12.7. The van der Waals surface area contributed by atoms with E-state index in [9.17, 15) is 4.79 Å². The first-order valence-electron chi connectivity index (χ1n) is 7.27. The normalized spacial score (nSPS) is 10.1. The van der Waals surface area contributed by atoms with Crippen molar-refractivity contribution < 1.29 is 4.79 Å². The lowest BCUT2D eigenvalue weighted by molar-refractivity contribution is 0.256. The Morgan fingerprint density at radius 2 is 1.48 bits per heavy atom. The van der Waals surface area contributed by atoms with Crippen LogP contribution >= 0.6 is 0 Å². The van der Waals surface area contributed by atoms with E-state index in [0.29, 0.717) is 12.5 Å². The van der Waals surface area contributed by atoms with E-state index in [1.54, 1.807) is 18.5 Å². The molecule has 0 fully saturated rings. The summed E-state index contributed by atoms with van der Waals surface area (Å²) in [6.07, 6.45) is 3.24. The Labute approximate surface area is 134 Å². The quantitative estimate of drug-likeness (QED) is 0.799. The summed E-state index contributed by atoms with van der Waals surface area (Å²) in [5.74, 6) is 0.366. The van der Waals surface area contributed by atoms with E-state index in [0.717, 1.165) is 11.3 Å². The highest BCUT2D eigenvalue weighted by molar-refractivity contribution is 6.00. The van der Waals surface area contributed by atoms with Crippen LogP contribution in [0.5, 0.6) is 0 Å². The molecule has 3 rings (SSSR count). The smallest absolute Gasteiger partial charge is 0.307 e. The monoisotopic (exact) mass is 304 g/mol. The second kappa shape index (κ2) is 7.17. The van der Waals surface area contributed by atoms with E-state index >= 15 is 0 Å². The van der Waals surface area contributed by atoms with Gasteiger partial charge in [0.05, 0.1) is 6.54 Å². The minimum Gasteiger partial charge on any atom is -0.307 e. The van der Waals surface area contributed by atoms with Crippen molar-refractivity contribution >= 4 is 17.7 Å². The molecule has 0 radical (unpaired) electrons. The molecule has 0 unspecified atom stereocenters. The summed E-state index contributed by atoms with van der Waals surface area (Å²) in [6.45, 7) is 0.392. The zero-order valence-corrected chi connectivity index (χ0v) is 12.5. The lowest BCUT2D eigenvalue weighted by Crippen LogP contribution is -2.35. The zero-order chi connectivity index (χ0) is 15.9. The summed E-state index contributed by atoms with van der Waals surface area (Å²) in [4.78, 5) is 22.6. The Bertz CT molecular complexity index is 748. The van der Waals surface area contributed by atoms with Gasteiger partial charge in [0.25, 0.3) is 0 Å². The first kappa shape index (κ1) is 14.7. The summed E-state index contributed by atoms with van der Waals surface area (Å²) >= 11 is 0. The van der Waals surface area contributed by atoms with Crippen molar-refractivity contribution in [2.24, 2.45) is 0 Å². The highest BCUT2D eigenvalue weighted by atomic mass is 16.2. The van der Waals surface area contributed by atoms with Gasteiger partial charge in [-0.05, 0) is 23.8 Å². The second-order valence-corrected chi connectivity index (χ2v) is 4.92. The average Bonchev–Trinajstić information content (AvgIpc) is 2.62. The van der Waals surface area contributed by atoms with E-state index in [1.807, 2.05) is 60.7 Å². The van der Waals surface area contributed by atoms with E-state index in [2.05, 4.69) is 15.3 Å². The molecule has 5 heteroatoms. The number of aromatic nitrogens is 2. The van der Waals surface area contributed by atoms with Crippen LogP contribution in [0.3, 0.4) is 0 Å². The van der Waals surface area contributed by atoms with Gasteiger partial charge < -0.3 is 5.32 Å². The highest BCUT2D eigenvalue weighted by Crippen LogP contribution is 2.14. The number of urea groups is 1. The Morgan fingerprint density at radius 1 is 0.870 bits per heavy atom. The summed E-state index contributed by atoms with van der Waals surface area (Å²) in [7, 11) is 0. The molecule has 0 bridgehead atoms. The fourth-order valence-corrected chi connectivity index (χ4v) is 2.14. The number of nitrogens with one attached hydrogen (secondary N) is 1. The van der Waals surface area contributed by atoms with Crippen molar-refractivity contribution in [1.29, 1.82) is 0 Å². The molecule has 0 saturated heterocycles. The number of benzene rings is 2. The molecule has 3 aromatic rings. The van der Waals surface area contributed by atoms with Crippen molar-refractivity contribution in [3.8, 4) is 0 Å². The molecule has 5 nitrogen and oxygen atoms in total. The van der Waals surface area contributed by atoms with Crippen LogP contribution in [0, 0.1) is 0 Å². The number of para-hydroxylation sites is 1. The Morgan fingerprint density at radius 3 is 2.13 bits per heavy atom. The fraction of sp³-hybridized carbons (Fsp3) is 0.0556. The number of nitrogens with zero attached hydrogens (tertiary/aromatic N) is 3. The maximum Gasteiger partial charge on any atom is 0.329 e. The number of rotatable bonds is 4. The number of hydrogen-bond donors (Lipinski definition) is 1. The molecule has 1 aromatic heterocycles. The standard InChI is InChI=1S/C18H16N4O/c23-18(21-16-10-5-2-6-11-16)22(17-19-12-7-13-20-17)14-15-8-3-1-4-9-15/h1-13H,14H2,(H,21,23). The van der Waals surface area contributed by atoms with E-state index in [1.165, 1.54) is 4.90 Å². The van der Waals surface area contributed by atoms with Gasteiger partial charge in [-0.2, -0.15) is 0 Å². The molecule has 0 atom stereocenters. The van der Waals surface area contributed by atoms with Crippen LogP contribution in [0.15, 0.2) is 79.1 Å². The van der Waals surface area contributed by atoms with E-state index in [-0.39, 0.29) is 6.03 Å². The SMILES string of the molecule is O=C(Nc1ccccc1)N(Cc1ccccc1)c1ncccn1. The Kier molecular flexibility index (Phi) is 4.59. The molecule has 2 amide bonds. The Hall–Kier alpha value is -3.21. The number of anilines is 2. The molecule has 23 heavy (non-hydrogen) atoms. The van der Waals surface area contributed by atoms with Crippen LogP contribution in [0.2, 0.25) is 0 Å². The van der Waals surface area contributed by atoms with Gasteiger partial charge in [-0.15, -0.1) is 0 Å². The van der Waals surface area contributed by atoms with Gasteiger partial charge in [0.15, 0.2) is 0 Å². The lowest BCUT2D eigenvalue weighted by Gasteiger charge is -2.21. The number of amides is 2. The zero-order valence-electron chi connectivity index (χ0n) is 12.5. The third kappa shape index (κ3) is 3.91. The van der Waals surface area contributed by atoms with Crippen LogP contribution < -0.4 is 10.2 Å². The fourth-order valence-electron chi connectivity index (χ4n) is 2.14. The van der Waals surface area contributed by atoms with Gasteiger partial charge in [-0.25, -0.2) is 14.8 Å². The predicted molar refractivity (Wildman–Crippen MR) is 90.1 cm³/mol. The van der Waals surface area contributed by atoms with Crippen molar-refractivity contribution in [1.82, 2.24) is 9.97 Å². The molecule has 1 N–H and O–H groups in total. The van der Waals surface area contributed by atoms with Gasteiger partial charge in [0.2, 0.25) is 5.95 Å². The van der Waals surface area contributed by atoms with Crippen molar-refractivity contribution in [2.45, 2.75) is 6.54 Å². The van der Waals surface area contributed by atoms with Crippen LogP contribution in [-0.2, 0) is 6.54 Å². The van der Waals surface area contributed by atoms with Crippen LogP contribution in [0.4, 0.5) is 16.4 Å². The molecule has 114 valence electrons. The third-order valence-electron chi connectivity index (χ3n) is 3.25. The minimum atomic E-state index is -0.272. The maximum atomic E-state index is 12.7. The Balaban J connectivity index is 1.84. The molecule has 2 aromatic carbocycles. The van der Waals surface area contributed by atoms with Gasteiger partial charge >= 0.3 is 6.03 Å². The lowest BCUT2D eigenvalue weighted by atomic mass is 10.2. The predicted octanol–water partition coefficient (Wildman–Crippen LogP) is 3.72. The van der Waals surface area contributed by atoms with E-state index in [4.69, 9.17) is 0 Å². The molecule has 0 aliphatic rings. The highest BCUT2D eigenvalue weighted by Gasteiger charge is 2.18. The minimum absolute atomic E-state index is 0.272. The van der Waals surface area contributed by atoms with Gasteiger partial charge in [0, 0.05) is 18.1 Å². The molecular weight excluding hydrogens is 288 g/mol. The van der Waals surface area contributed by atoms with Crippen molar-refractivity contribution in [3.63, 3.8) is 0 Å². The first-order chi connectivity index (χ1) is 11.3. The van der Waals surface area contributed by atoms with Crippen molar-refractivity contribution in [2.75, 3.05) is 10.2 Å². The topological polar surface area (TPSA) is 58.1 Å². The van der Waals surface area contributed by atoms with Crippen LogP contribution in [0.1, 0.15) is 5.56 Å². The molecule has 0 aliphatic carbocycles. The largest absolute Gasteiger partial charge is 0.329 e. The second-order valence-electron chi connectivity index (χ2n) is 4.92. The summed E-state index contributed by atoms with van der Waals surface area (Å²) in [5.41, 5.74) is 1.73. The number of carbonyl (C=O) groups is 1.